The van der Waals surface area contributed by atoms with Gasteiger partial charge in [0.2, 0.25) is 0 Å². The monoisotopic (exact) mass is 328 g/mol. The fourth-order valence-electron chi connectivity index (χ4n) is 2.30. The molecule has 1 unspecified atom stereocenters. The zero-order chi connectivity index (χ0) is 17.2. The molecular weight excluding hydrogens is 304 g/mol. The lowest BCUT2D eigenvalue weighted by molar-refractivity contribution is 0.134. The maximum atomic E-state index is 11.9. The Labute approximate surface area is 142 Å². The van der Waals surface area contributed by atoms with Gasteiger partial charge in [-0.1, -0.05) is 42.5 Å². The van der Waals surface area contributed by atoms with Crippen molar-refractivity contribution in [2.45, 2.75) is 26.1 Å². The summed E-state index contributed by atoms with van der Waals surface area (Å²) in [5, 5.41) is 15.4. The highest BCUT2D eigenvalue weighted by Crippen LogP contribution is 2.11. The van der Waals surface area contributed by atoms with Crippen LogP contribution in [0.1, 0.15) is 18.1 Å². The molecule has 2 rings (SSSR count). The number of aliphatic hydroxyl groups excluding tert-OH is 1. The van der Waals surface area contributed by atoms with E-state index in [1.165, 1.54) is 0 Å². The van der Waals surface area contributed by atoms with Gasteiger partial charge >= 0.3 is 6.03 Å². The van der Waals surface area contributed by atoms with E-state index in [0.717, 1.165) is 11.1 Å². The lowest BCUT2D eigenvalue weighted by Crippen LogP contribution is -2.36. The second-order valence-electron chi connectivity index (χ2n) is 5.52. The van der Waals surface area contributed by atoms with Crippen molar-refractivity contribution in [1.29, 1.82) is 0 Å². The van der Waals surface area contributed by atoms with Gasteiger partial charge in [-0.3, -0.25) is 0 Å². The van der Waals surface area contributed by atoms with Gasteiger partial charge in [0, 0.05) is 25.3 Å². The number of urea groups is 1. The van der Waals surface area contributed by atoms with Gasteiger partial charge in [0.05, 0.1) is 12.7 Å². The average Bonchev–Trinajstić information content (AvgIpc) is 2.59. The van der Waals surface area contributed by atoms with E-state index in [-0.39, 0.29) is 12.6 Å². The van der Waals surface area contributed by atoms with Crippen molar-refractivity contribution in [3.05, 3.63) is 65.7 Å². The molecule has 128 valence electrons. The predicted molar refractivity (Wildman–Crippen MR) is 94.9 cm³/mol. The number of carbonyl (C=O) groups is 1. The molecule has 0 aliphatic carbocycles. The largest absolute Gasteiger partial charge is 0.391 e. The minimum Gasteiger partial charge on any atom is -0.391 e. The number of hydrogen-bond donors (Lipinski definition) is 3. The van der Waals surface area contributed by atoms with Gasteiger partial charge in [0.15, 0.2) is 0 Å². The smallest absolute Gasteiger partial charge is 0.319 e. The van der Waals surface area contributed by atoms with Crippen LogP contribution in [0.25, 0.3) is 0 Å². The first-order valence-corrected chi connectivity index (χ1v) is 8.11. The van der Waals surface area contributed by atoms with Crippen molar-refractivity contribution in [2.75, 3.05) is 18.5 Å². The summed E-state index contributed by atoms with van der Waals surface area (Å²) in [6.07, 6.45) is -0.118. The number of amides is 2. The zero-order valence-corrected chi connectivity index (χ0v) is 13.9. The molecule has 0 radical (unpaired) electrons. The summed E-state index contributed by atoms with van der Waals surface area (Å²) in [6, 6.07) is 16.9. The number of aliphatic hydroxyl groups is 1. The first-order valence-electron chi connectivity index (χ1n) is 8.11. The summed E-state index contributed by atoms with van der Waals surface area (Å²) >= 11 is 0. The molecule has 2 amide bonds. The van der Waals surface area contributed by atoms with Gasteiger partial charge in [0.1, 0.15) is 0 Å². The van der Waals surface area contributed by atoms with Crippen LogP contribution >= 0.6 is 0 Å². The molecule has 0 saturated carbocycles. The van der Waals surface area contributed by atoms with Crippen LogP contribution in [0.15, 0.2) is 54.6 Å². The molecule has 24 heavy (non-hydrogen) atoms. The van der Waals surface area contributed by atoms with E-state index in [9.17, 15) is 9.90 Å². The molecule has 0 aliphatic heterocycles. The Morgan fingerprint density at radius 3 is 2.62 bits per heavy atom. The molecule has 0 aromatic heterocycles. The molecule has 0 aliphatic rings. The zero-order valence-electron chi connectivity index (χ0n) is 13.9. The molecule has 5 nitrogen and oxygen atoms in total. The SMILES string of the molecule is CCOCc1cccc(NC(=O)NCC(O)Cc2ccccc2)c1. The highest BCUT2D eigenvalue weighted by Gasteiger charge is 2.08. The summed E-state index contributed by atoms with van der Waals surface area (Å²) < 4.78 is 5.35. The van der Waals surface area contributed by atoms with Gasteiger partial charge < -0.3 is 20.5 Å². The van der Waals surface area contributed by atoms with Crippen LogP contribution in [-0.2, 0) is 17.8 Å². The number of ether oxygens (including phenoxy) is 1. The van der Waals surface area contributed by atoms with Crippen molar-refractivity contribution < 1.29 is 14.6 Å². The average molecular weight is 328 g/mol. The normalized spacial score (nSPS) is 11.8. The molecule has 0 fully saturated rings. The van der Waals surface area contributed by atoms with Crippen LogP contribution < -0.4 is 10.6 Å². The maximum absolute atomic E-state index is 11.9. The maximum Gasteiger partial charge on any atom is 0.319 e. The molecule has 3 N–H and O–H groups in total. The first kappa shape index (κ1) is 18.0. The van der Waals surface area contributed by atoms with E-state index in [0.29, 0.717) is 25.3 Å². The summed E-state index contributed by atoms with van der Waals surface area (Å²) in [5.74, 6) is 0. The van der Waals surface area contributed by atoms with Gasteiger partial charge in [0.25, 0.3) is 0 Å². The highest BCUT2D eigenvalue weighted by atomic mass is 16.5. The summed E-state index contributed by atoms with van der Waals surface area (Å²) in [5.41, 5.74) is 2.73. The number of nitrogens with one attached hydrogen (secondary N) is 2. The highest BCUT2D eigenvalue weighted by molar-refractivity contribution is 5.89. The fourth-order valence-corrected chi connectivity index (χ4v) is 2.30. The molecule has 0 bridgehead atoms. The molecule has 5 heteroatoms. The Kier molecular flexibility index (Phi) is 7.26. The molecule has 2 aromatic carbocycles. The lowest BCUT2D eigenvalue weighted by atomic mass is 10.1. The van der Waals surface area contributed by atoms with E-state index >= 15 is 0 Å². The van der Waals surface area contributed by atoms with Crippen LogP contribution in [0.3, 0.4) is 0 Å². The minimum atomic E-state index is -0.623. The topological polar surface area (TPSA) is 70.6 Å². The third kappa shape index (κ3) is 6.40. The Morgan fingerprint density at radius 2 is 1.88 bits per heavy atom. The Morgan fingerprint density at radius 1 is 1.12 bits per heavy atom. The standard InChI is InChI=1S/C19H24N2O3/c1-2-24-14-16-9-6-10-17(11-16)21-19(23)20-13-18(22)12-15-7-4-3-5-8-15/h3-11,18,22H,2,12-14H2,1H3,(H2,20,21,23). The Bertz CT molecular complexity index is 632. The van der Waals surface area contributed by atoms with E-state index in [1.54, 1.807) is 0 Å². The van der Waals surface area contributed by atoms with Crippen molar-refractivity contribution in [2.24, 2.45) is 0 Å². The second-order valence-corrected chi connectivity index (χ2v) is 5.52. The van der Waals surface area contributed by atoms with Crippen LogP contribution in [0, 0.1) is 0 Å². The summed E-state index contributed by atoms with van der Waals surface area (Å²) in [7, 11) is 0. The predicted octanol–water partition coefficient (Wildman–Crippen LogP) is 2.95. The molecule has 0 spiro atoms. The van der Waals surface area contributed by atoms with Crippen molar-refractivity contribution in [3.8, 4) is 0 Å². The van der Waals surface area contributed by atoms with Gasteiger partial charge in [-0.15, -0.1) is 0 Å². The quantitative estimate of drug-likeness (QED) is 0.698. The fraction of sp³-hybridized carbons (Fsp3) is 0.316. The van der Waals surface area contributed by atoms with Crippen LogP contribution in [0.4, 0.5) is 10.5 Å². The van der Waals surface area contributed by atoms with E-state index in [4.69, 9.17) is 4.74 Å². The number of anilines is 1. The Hall–Kier alpha value is -2.37. The summed E-state index contributed by atoms with van der Waals surface area (Å²) in [6.45, 7) is 3.30. The molecule has 0 heterocycles. The van der Waals surface area contributed by atoms with Crippen molar-refractivity contribution >= 4 is 11.7 Å². The Balaban J connectivity index is 1.76. The molecule has 0 saturated heterocycles. The summed E-state index contributed by atoms with van der Waals surface area (Å²) in [4.78, 5) is 11.9. The van der Waals surface area contributed by atoms with Crippen molar-refractivity contribution in [1.82, 2.24) is 5.32 Å². The van der Waals surface area contributed by atoms with Gasteiger partial charge in [-0.2, -0.15) is 0 Å². The van der Waals surface area contributed by atoms with Gasteiger partial charge in [-0.25, -0.2) is 4.79 Å². The second kappa shape index (κ2) is 9.70. The van der Waals surface area contributed by atoms with E-state index in [1.807, 2.05) is 61.5 Å². The lowest BCUT2D eigenvalue weighted by Gasteiger charge is -2.13. The number of carbonyl (C=O) groups excluding carboxylic acids is 1. The van der Waals surface area contributed by atoms with E-state index in [2.05, 4.69) is 10.6 Å². The molecular formula is C19H24N2O3. The van der Waals surface area contributed by atoms with Crippen LogP contribution in [0.2, 0.25) is 0 Å². The third-order valence-corrected chi connectivity index (χ3v) is 3.47. The number of benzene rings is 2. The van der Waals surface area contributed by atoms with Gasteiger partial charge in [-0.05, 0) is 30.2 Å². The third-order valence-electron chi connectivity index (χ3n) is 3.47. The van der Waals surface area contributed by atoms with Crippen molar-refractivity contribution in [3.63, 3.8) is 0 Å². The number of rotatable bonds is 8. The molecule has 2 aromatic rings. The minimum absolute atomic E-state index is 0.194. The van der Waals surface area contributed by atoms with E-state index < -0.39 is 6.10 Å². The first-order chi connectivity index (χ1) is 11.7. The molecule has 1 atom stereocenters. The van der Waals surface area contributed by atoms with Crippen LogP contribution in [-0.4, -0.2) is 30.4 Å². The van der Waals surface area contributed by atoms with Crippen LogP contribution in [0.5, 0.6) is 0 Å². The number of hydrogen-bond acceptors (Lipinski definition) is 3.